The SMILES string of the molecule is CCNc1nnc(SCC2=C(C(=O)OCC)[C@H](c3ccc(C)o3)NC(=O)N2)s1. The van der Waals surface area contributed by atoms with Gasteiger partial charge in [-0.3, -0.25) is 0 Å². The highest BCUT2D eigenvalue weighted by atomic mass is 32.2. The van der Waals surface area contributed by atoms with Crippen molar-refractivity contribution in [1.82, 2.24) is 20.8 Å². The normalized spacial score (nSPS) is 16.5. The topological polar surface area (TPSA) is 118 Å². The van der Waals surface area contributed by atoms with Gasteiger partial charge < -0.3 is 25.1 Å². The molecule has 0 spiro atoms. The van der Waals surface area contributed by atoms with Crippen molar-refractivity contribution in [2.24, 2.45) is 0 Å². The number of nitrogens with zero attached hydrogens (tertiary/aromatic N) is 2. The van der Waals surface area contributed by atoms with E-state index in [-0.39, 0.29) is 6.61 Å². The fraction of sp³-hybridized carbons (Fsp3) is 0.412. The van der Waals surface area contributed by atoms with E-state index in [0.29, 0.717) is 28.5 Å². The van der Waals surface area contributed by atoms with Gasteiger partial charge in [0.25, 0.3) is 0 Å². The highest BCUT2D eigenvalue weighted by molar-refractivity contribution is 8.01. The molecule has 2 aromatic rings. The van der Waals surface area contributed by atoms with Gasteiger partial charge in [-0.05, 0) is 32.9 Å². The molecule has 0 aliphatic carbocycles. The molecule has 0 saturated carbocycles. The van der Waals surface area contributed by atoms with Gasteiger partial charge in [-0.25, -0.2) is 9.59 Å². The van der Waals surface area contributed by atoms with Crippen molar-refractivity contribution < 1.29 is 18.7 Å². The summed E-state index contributed by atoms with van der Waals surface area (Å²) in [4.78, 5) is 24.8. The van der Waals surface area contributed by atoms with Gasteiger partial charge in [0.05, 0.1) is 12.2 Å². The number of thioether (sulfide) groups is 1. The van der Waals surface area contributed by atoms with Gasteiger partial charge in [-0.2, -0.15) is 0 Å². The van der Waals surface area contributed by atoms with E-state index in [1.807, 2.05) is 6.92 Å². The molecule has 0 unspecified atom stereocenters. The lowest BCUT2D eigenvalue weighted by atomic mass is 10.0. The number of furan rings is 1. The van der Waals surface area contributed by atoms with Crippen LogP contribution in [-0.4, -0.2) is 41.1 Å². The first-order valence-corrected chi connectivity index (χ1v) is 10.6. The van der Waals surface area contributed by atoms with Crippen LogP contribution in [0.1, 0.15) is 31.4 Å². The Morgan fingerprint density at radius 1 is 1.39 bits per heavy atom. The van der Waals surface area contributed by atoms with E-state index in [1.165, 1.54) is 23.1 Å². The van der Waals surface area contributed by atoms with Crippen LogP contribution >= 0.6 is 23.1 Å². The molecule has 3 N–H and O–H groups in total. The maximum atomic E-state index is 12.6. The summed E-state index contributed by atoms with van der Waals surface area (Å²) in [5.74, 6) is 0.989. The molecule has 2 aromatic heterocycles. The Kier molecular flexibility index (Phi) is 6.57. The molecular formula is C17H21N5O4S2. The van der Waals surface area contributed by atoms with Gasteiger partial charge in [-0.1, -0.05) is 23.1 Å². The number of amides is 2. The number of hydrogen-bond acceptors (Lipinski definition) is 9. The van der Waals surface area contributed by atoms with E-state index in [1.54, 1.807) is 26.0 Å². The lowest BCUT2D eigenvalue weighted by Gasteiger charge is -2.27. The molecule has 0 saturated heterocycles. The summed E-state index contributed by atoms with van der Waals surface area (Å²) in [6.07, 6.45) is 0. The number of carbonyl (C=O) groups is 2. The molecular weight excluding hydrogens is 402 g/mol. The quantitative estimate of drug-likeness (QED) is 0.438. The Labute approximate surface area is 170 Å². The van der Waals surface area contributed by atoms with Crippen LogP contribution in [0.2, 0.25) is 0 Å². The van der Waals surface area contributed by atoms with Crippen molar-refractivity contribution in [1.29, 1.82) is 0 Å². The average molecular weight is 424 g/mol. The second kappa shape index (κ2) is 9.11. The smallest absolute Gasteiger partial charge is 0.338 e. The summed E-state index contributed by atoms with van der Waals surface area (Å²) >= 11 is 2.79. The largest absolute Gasteiger partial charge is 0.464 e. The van der Waals surface area contributed by atoms with E-state index < -0.39 is 18.0 Å². The zero-order valence-corrected chi connectivity index (χ0v) is 17.3. The Bertz CT molecular complexity index is 892. The summed E-state index contributed by atoms with van der Waals surface area (Å²) < 4.78 is 11.6. The molecule has 9 nitrogen and oxygen atoms in total. The molecule has 0 fully saturated rings. The molecule has 3 rings (SSSR count). The molecule has 0 radical (unpaired) electrons. The third-order valence-corrected chi connectivity index (χ3v) is 5.81. The van der Waals surface area contributed by atoms with E-state index >= 15 is 0 Å². The first kappa shape index (κ1) is 20.2. The van der Waals surface area contributed by atoms with Gasteiger partial charge in [0, 0.05) is 18.0 Å². The summed E-state index contributed by atoms with van der Waals surface area (Å²) in [6.45, 7) is 6.49. The monoisotopic (exact) mass is 423 g/mol. The van der Waals surface area contributed by atoms with E-state index in [0.717, 1.165) is 16.0 Å². The minimum absolute atomic E-state index is 0.225. The van der Waals surface area contributed by atoms with Crippen molar-refractivity contribution in [3.63, 3.8) is 0 Å². The zero-order chi connectivity index (χ0) is 20.1. The molecule has 150 valence electrons. The van der Waals surface area contributed by atoms with Crippen LogP contribution in [0.4, 0.5) is 9.93 Å². The minimum atomic E-state index is -0.719. The fourth-order valence-corrected chi connectivity index (χ4v) is 4.42. The van der Waals surface area contributed by atoms with Crippen LogP contribution in [0.25, 0.3) is 0 Å². The zero-order valence-electron chi connectivity index (χ0n) is 15.7. The van der Waals surface area contributed by atoms with Crippen molar-refractivity contribution >= 4 is 40.2 Å². The Hall–Kier alpha value is -2.53. The van der Waals surface area contributed by atoms with Gasteiger partial charge >= 0.3 is 12.0 Å². The number of aromatic nitrogens is 2. The van der Waals surface area contributed by atoms with Crippen LogP contribution in [-0.2, 0) is 9.53 Å². The predicted molar refractivity (Wildman–Crippen MR) is 106 cm³/mol. The Morgan fingerprint density at radius 2 is 2.21 bits per heavy atom. The highest BCUT2D eigenvalue weighted by Gasteiger charge is 2.35. The molecule has 1 aliphatic rings. The summed E-state index contributed by atoms with van der Waals surface area (Å²) in [6, 6.07) is 2.39. The van der Waals surface area contributed by atoms with Crippen molar-refractivity contribution in [2.75, 3.05) is 24.2 Å². The third-order valence-electron chi connectivity index (χ3n) is 3.77. The third kappa shape index (κ3) is 4.65. The highest BCUT2D eigenvalue weighted by Crippen LogP contribution is 2.32. The molecule has 3 heterocycles. The minimum Gasteiger partial charge on any atom is -0.464 e. The Balaban J connectivity index is 1.88. The van der Waals surface area contributed by atoms with Gasteiger partial charge in [0.15, 0.2) is 4.34 Å². The number of aryl methyl sites for hydroxylation is 1. The second-order valence-corrected chi connectivity index (χ2v) is 7.98. The van der Waals surface area contributed by atoms with Crippen LogP contribution in [0.15, 0.2) is 32.2 Å². The molecule has 0 aromatic carbocycles. The molecule has 11 heteroatoms. The number of rotatable bonds is 8. The van der Waals surface area contributed by atoms with Gasteiger partial charge in [-0.15, -0.1) is 10.2 Å². The molecule has 2 amide bonds. The summed E-state index contributed by atoms with van der Waals surface area (Å²) in [5, 5.41) is 17.4. The summed E-state index contributed by atoms with van der Waals surface area (Å²) in [5.41, 5.74) is 0.783. The standard InChI is InChI=1S/C17H21N5O4S2/c1-4-18-16-21-22-17(28-16)27-8-10-12(14(23)25-5-2)13(20-15(24)19-10)11-7-6-9(3)26-11/h6-7,13H,4-5,8H2,1-3H3,(H,18,21)(H2,19,20,24)/t13-/m0/s1. The number of carbonyl (C=O) groups excluding carboxylic acids is 2. The van der Waals surface area contributed by atoms with Crippen molar-refractivity contribution in [2.45, 2.75) is 31.2 Å². The van der Waals surface area contributed by atoms with Crippen molar-refractivity contribution in [3.05, 3.63) is 34.9 Å². The molecule has 0 bridgehead atoms. The second-order valence-electron chi connectivity index (χ2n) is 5.78. The van der Waals surface area contributed by atoms with Gasteiger partial charge in [0.1, 0.15) is 17.6 Å². The van der Waals surface area contributed by atoms with Crippen molar-refractivity contribution in [3.8, 4) is 0 Å². The lowest BCUT2D eigenvalue weighted by Crippen LogP contribution is -2.46. The molecule has 1 aliphatic heterocycles. The maximum absolute atomic E-state index is 12.6. The van der Waals surface area contributed by atoms with E-state index in [2.05, 4.69) is 26.1 Å². The van der Waals surface area contributed by atoms with Crippen LogP contribution < -0.4 is 16.0 Å². The number of nitrogens with one attached hydrogen (secondary N) is 3. The number of urea groups is 1. The first-order chi connectivity index (χ1) is 13.5. The lowest BCUT2D eigenvalue weighted by molar-refractivity contribution is -0.139. The molecule has 28 heavy (non-hydrogen) atoms. The average Bonchev–Trinajstić information content (AvgIpc) is 3.29. The number of anilines is 1. The van der Waals surface area contributed by atoms with Gasteiger partial charge in [0.2, 0.25) is 5.13 Å². The van der Waals surface area contributed by atoms with Crippen LogP contribution in [0.5, 0.6) is 0 Å². The first-order valence-electron chi connectivity index (χ1n) is 8.76. The van der Waals surface area contributed by atoms with Crippen LogP contribution in [0.3, 0.4) is 0 Å². The number of ether oxygens (including phenoxy) is 1. The predicted octanol–water partition coefficient (Wildman–Crippen LogP) is 2.83. The number of esters is 1. The fourth-order valence-electron chi connectivity index (χ4n) is 2.63. The Morgan fingerprint density at radius 3 is 2.89 bits per heavy atom. The van der Waals surface area contributed by atoms with E-state index in [9.17, 15) is 9.59 Å². The van der Waals surface area contributed by atoms with E-state index in [4.69, 9.17) is 9.15 Å². The molecule has 1 atom stereocenters. The maximum Gasteiger partial charge on any atom is 0.338 e. The van der Waals surface area contributed by atoms with Crippen LogP contribution in [0, 0.1) is 6.92 Å². The summed E-state index contributed by atoms with van der Waals surface area (Å²) in [7, 11) is 0. The number of hydrogen-bond donors (Lipinski definition) is 3.